The average molecular weight is 427 g/mol. The van der Waals surface area contributed by atoms with Gasteiger partial charge in [0, 0.05) is 31.6 Å². The van der Waals surface area contributed by atoms with Crippen molar-refractivity contribution in [3.05, 3.63) is 47.5 Å². The van der Waals surface area contributed by atoms with Crippen molar-refractivity contribution in [2.24, 2.45) is 0 Å². The lowest BCUT2D eigenvalue weighted by Gasteiger charge is -2.40. The Hall–Kier alpha value is -3.59. The smallest absolute Gasteiger partial charge is 0.256 e. The Morgan fingerprint density at radius 3 is 2.61 bits per heavy atom. The van der Waals surface area contributed by atoms with E-state index in [-0.39, 0.29) is 23.5 Å². The highest BCUT2D eigenvalue weighted by Gasteiger charge is 2.39. The van der Waals surface area contributed by atoms with E-state index < -0.39 is 11.6 Å². The monoisotopic (exact) mass is 427 g/mol. The summed E-state index contributed by atoms with van der Waals surface area (Å²) in [5.41, 5.74) is 2.73. The lowest BCUT2D eigenvalue weighted by Crippen LogP contribution is -2.56. The van der Waals surface area contributed by atoms with E-state index in [0.717, 1.165) is 0 Å². The van der Waals surface area contributed by atoms with Crippen LogP contribution in [0.2, 0.25) is 0 Å². The van der Waals surface area contributed by atoms with E-state index in [1.165, 1.54) is 12.0 Å². The van der Waals surface area contributed by atoms with Gasteiger partial charge in [-0.15, -0.1) is 0 Å². The second-order valence-corrected chi connectivity index (χ2v) is 7.24. The van der Waals surface area contributed by atoms with Crippen molar-refractivity contribution in [1.82, 2.24) is 10.4 Å². The molecule has 2 aromatic rings. The fourth-order valence-corrected chi connectivity index (χ4v) is 3.28. The highest BCUT2D eigenvalue weighted by molar-refractivity contribution is 6.05. The number of methoxy groups -OCH3 is 2. The molecule has 0 saturated carbocycles. The average Bonchev–Trinajstić information content (AvgIpc) is 2.80. The number of carbonyl (C=O) groups excluding carboxylic acids is 3. The first kappa shape index (κ1) is 22.1. The molecule has 2 N–H and O–H groups in total. The molecule has 1 atom stereocenters. The van der Waals surface area contributed by atoms with Crippen molar-refractivity contribution in [3.63, 3.8) is 0 Å². The van der Waals surface area contributed by atoms with Crippen molar-refractivity contribution < 1.29 is 28.7 Å². The molecule has 0 spiro atoms. The Kier molecular flexibility index (Phi) is 6.45. The molecule has 1 aliphatic rings. The van der Waals surface area contributed by atoms with Crippen molar-refractivity contribution in [2.75, 3.05) is 26.6 Å². The topological polar surface area (TPSA) is 106 Å². The predicted octanol–water partition coefficient (Wildman–Crippen LogP) is 2.89. The molecule has 0 bridgehead atoms. The molecular formula is C22H25N3O6. The van der Waals surface area contributed by atoms with Crippen LogP contribution in [0.5, 0.6) is 11.5 Å². The molecule has 0 aromatic heterocycles. The minimum absolute atomic E-state index is 0.195. The molecule has 31 heavy (non-hydrogen) atoms. The maximum atomic E-state index is 13.2. The third kappa shape index (κ3) is 4.46. The van der Waals surface area contributed by atoms with Crippen LogP contribution in [0.3, 0.4) is 0 Å². The largest absolute Gasteiger partial charge is 0.497 e. The number of nitrogens with zero attached hydrogens (tertiary/aromatic N) is 1. The van der Waals surface area contributed by atoms with Crippen LogP contribution >= 0.6 is 0 Å². The van der Waals surface area contributed by atoms with E-state index in [9.17, 15) is 14.4 Å². The van der Waals surface area contributed by atoms with Gasteiger partial charge < -0.3 is 19.7 Å². The maximum Gasteiger partial charge on any atom is 0.256 e. The number of nitrogens with one attached hydrogen (secondary N) is 2. The third-order valence-electron chi connectivity index (χ3n) is 5.35. The second-order valence-electron chi connectivity index (χ2n) is 7.24. The lowest BCUT2D eigenvalue weighted by molar-refractivity contribution is -0.196. The highest BCUT2D eigenvalue weighted by Crippen LogP contribution is 2.33. The second kappa shape index (κ2) is 9.05. The Morgan fingerprint density at radius 2 is 2.00 bits per heavy atom. The van der Waals surface area contributed by atoms with Gasteiger partial charge in [0.2, 0.25) is 5.91 Å². The summed E-state index contributed by atoms with van der Waals surface area (Å²) in [6.07, 6.45) is 1.19. The Balaban J connectivity index is 1.92. The summed E-state index contributed by atoms with van der Waals surface area (Å²) in [5, 5.41) is 3.15. The van der Waals surface area contributed by atoms with Gasteiger partial charge in [-0.05, 0) is 31.2 Å². The maximum absolute atomic E-state index is 13.2. The molecule has 1 aliphatic heterocycles. The molecule has 1 unspecified atom stereocenters. The molecule has 0 aliphatic carbocycles. The van der Waals surface area contributed by atoms with Gasteiger partial charge in [0.25, 0.3) is 5.91 Å². The van der Waals surface area contributed by atoms with Crippen LogP contribution in [0.1, 0.15) is 40.5 Å². The summed E-state index contributed by atoms with van der Waals surface area (Å²) in [6, 6.07) is 10.2. The van der Waals surface area contributed by atoms with E-state index in [1.54, 1.807) is 57.5 Å². The van der Waals surface area contributed by atoms with Gasteiger partial charge in [-0.2, -0.15) is 0 Å². The van der Waals surface area contributed by atoms with Crippen molar-refractivity contribution in [3.8, 4) is 11.5 Å². The van der Waals surface area contributed by atoms with Gasteiger partial charge in [0.1, 0.15) is 11.5 Å². The first-order chi connectivity index (χ1) is 14.8. The van der Waals surface area contributed by atoms with E-state index in [4.69, 9.17) is 14.3 Å². The number of aldehydes is 1. The molecule has 9 heteroatoms. The molecule has 1 heterocycles. The quantitative estimate of drug-likeness (QED) is 0.655. The van der Waals surface area contributed by atoms with E-state index >= 15 is 0 Å². The summed E-state index contributed by atoms with van der Waals surface area (Å²) < 4.78 is 10.6. The molecule has 2 amide bonds. The number of carbonyl (C=O) groups is 3. The van der Waals surface area contributed by atoms with Crippen LogP contribution in [0, 0.1) is 0 Å². The number of ether oxygens (including phenoxy) is 2. The number of hydrogen-bond donors (Lipinski definition) is 2. The molecule has 1 saturated heterocycles. The fourth-order valence-electron chi connectivity index (χ4n) is 3.28. The van der Waals surface area contributed by atoms with Crippen LogP contribution in [-0.2, 0) is 9.63 Å². The molecule has 0 radical (unpaired) electrons. The summed E-state index contributed by atoms with van der Waals surface area (Å²) >= 11 is 0. The Morgan fingerprint density at radius 1 is 1.23 bits per heavy atom. The van der Waals surface area contributed by atoms with Crippen molar-refractivity contribution >= 4 is 29.5 Å². The number of hydroxylamine groups is 1. The summed E-state index contributed by atoms with van der Waals surface area (Å²) in [5.74, 6) is 0.484. The SMILES string of the molecule is COc1ccc(Nc2cccc(C(=O)N(C)C3(C)CCC(=O)NO3)c2C=O)c(OC)c1. The molecule has 3 rings (SSSR count). The van der Waals surface area contributed by atoms with E-state index in [1.807, 2.05) is 0 Å². The zero-order valence-corrected chi connectivity index (χ0v) is 17.9. The lowest BCUT2D eigenvalue weighted by atomic mass is 10.0. The molecule has 1 fully saturated rings. The zero-order chi connectivity index (χ0) is 22.6. The van der Waals surface area contributed by atoms with E-state index in [2.05, 4.69) is 10.8 Å². The Labute approximate surface area is 180 Å². The normalized spacial score (nSPS) is 18.0. The number of rotatable bonds is 7. The first-order valence-corrected chi connectivity index (χ1v) is 9.65. The van der Waals surface area contributed by atoms with Crippen molar-refractivity contribution in [2.45, 2.75) is 25.5 Å². The highest BCUT2D eigenvalue weighted by atomic mass is 16.7. The number of anilines is 2. The minimum Gasteiger partial charge on any atom is -0.497 e. The van der Waals surface area contributed by atoms with Crippen molar-refractivity contribution in [1.29, 1.82) is 0 Å². The first-order valence-electron chi connectivity index (χ1n) is 9.65. The molecular weight excluding hydrogens is 402 g/mol. The summed E-state index contributed by atoms with van der Waals surface area (Å²) in [6.45, 7) is 1.70. The standard InChI is InChI=1S/C22H25N3O6/c1-22(11-10-20(27)24-31-22)25(2)21(28)15-6-5-7-17(16(15)13-26)23-18-9-8-14(29-3)12-19(18)30-4/h5-9,12-13,23H,10-11H2,1-4H3,(H,24,27). The van der Waals surface area contributed by atoms with Gasteiger partial charge in [-0.25, -0.2) is 10.3 Å². The van der Waals surface area contributed by atoms with Gasteiger partial charge in [-0.1, -0.05) is 6.07 Å². The van der Waals surface area contributed by atoms with Gasteiger partial charge >= 0.3 is 0 Å². The van der Waals surface area contributed by atoms with Gasteiger partial charge in [-0.3, -0.25) is 14.4 Å². The van der Waals surface area contributed by atoms with Crippen LogP contribution in [0.15, 0.2) is 36.4 Å². The predicted molar refractivity (Wildman–Crippen MR) is 114 cm³/mol. The fraction of sp³-hybridized carbons (Fsp3) is 0.318. The van der Waals surface area contributed by atoms with Crippen LogP contribution in [0.25, 0.3) is 0 Å². The third-order valence-corrected chi connectivity index (χ3v) is 5.35. The molecule has 9 nitrogen and oxygen atoms in total. The Bertz CT molecular complexity index is 997. The molecule has 164 valence electrons. The summed E-state index contributed by atoms with van der Waals surface area (Å²) in [4.78, 5) is 43.4. The zero-order valence-electron chi connectivity index (χ0n) is 17.9. The molecule has 2 aromatic carbocycles. The number of amides is 2. The summed E-state index contributed by atoms with van der Waals surface area (Å²) in [7, 11) is 4.65. The van der Waals surface area contributed by atoms with E-state index in [0.29, 0.717) is 35.6 Å². The van der Waals surface area contributed by atoms with Gasteiger partial charge in [0.15, 0.2) is 12.0 Å². The number of hydrogen-bond acceptors (Lipinski definition) is 7. The van der Waals surface area contributed by atoms with Crippen LogP contribution in [-0.4, -0.2) is 50.0 Å². The van der Waals surface area contributed by atoms with Crippen LogP contribution < -0.4 is 20.3 Å². The van der Waals surface area contributed by atoms with Crippen LogP contribution in [0.4, 0.5) is 11.4 Å². The minimum atomic E-state index is -1.03. The number of benzene rings is 2. The van der Waals surface area contributed by atoms with Gasteiger partial charge in [0.05, 0.1) is 31.0 Å².